The molecule has 0 saturated carbocycles. The van der Waals surface area contributed by atoms with E-state index >= 15 is 0 Å². The second-order valence-corrected chi connectivity index (χ2v) is 12.5. The molecule has 11 heteroatoms. The van der Waals surface area contributed by atoms with Crippen molar-refractivity contribution in [3.05, 3.63) is 80.8 Å². The minimum absolute atomic E-state index is 0.00750. The van der Waals surface area contributed by atoms with Crippen molar-refractivity contribution in [2.75, 3.05) is 39.3 Å². The van der Waals surface area contributed by atoms with E-state index in [9.17, 15) is 19.2 Å². The number of benzene rings is 1. The number of para-hydroxylation sites is 1. The minimum atomic E-state index is -0.935. The van der Waals surface area contributed by atoms with Gasteiger partial charge in [-0.15, -0.1) is 22.7 Å². The fourth-order valence-corrected chi connectivity index (χ4v) is 6.84. The van der Waals surface area contributed by atoms with Crippen LogP contribution < -0.4 is 0 Å². The first kappa shape index (κ1) is 30.5. The number of rotatable bonds is 14. The molecule has 0 spiro atoms. The molecule has 43 heavy (non-hydrogen) atoms. The van der Waals surface area contributed by atoms with Gasteiger partial charge in [0.25, 0.3) is 0 Å². The van der Waals surface area contributed by atoms with E-state index in [-0.39, 0.29) is 50.4 Å². The molecule has 0 aliphatic carbocycles. The Morgan fingerprint density at radius 3 is 2.40 bits per heavy atom. The van der Waals surface area contributed by atoms with Crippen LogP contribution in [0.2, 0.25) is 0 Å². The largest absolute Gasteiger partial charge is 0.465 e. The zero-order valence-corrected chi connectivity index (χ0v) is 25.8. The zero-order valence-electron chi connectivity index (χ0n) is 24.2. The fourth-order valence-electron chi connectivity index (χ4n) is 5.45. The lowest BCUT2D eigenvalue weighted by molar-refractivity contribution is -0.158. The molecule has 3 aromatic heterocycles. The predicted octanol–water partition coefficient (Wildman–Crippen LogP) is 4.14. The normalized spacial score (nSPS) is 15.3. The summed E-state index contributed by atoms with van der Waals surface area (Å²) in [5, 5.41) is 5.02. The highest BCUT2D eigenvalue weighted by Gasteiger charge is 2.41. The van der Waals surface area contributed by atoms with Gasteiger partial charge in [-0.25, -0.2) is 0 Å². The van der Waals surface area contributed by atoms with Crippen LogP contribution in [0.15, 0.2) is 65.5 Å². The van der Waals surface area contributed by atoms with Crippen LogP contribution in [0.1, 0.15) is 28.7 Å². The van der Waals surface area contributed by atoms with Crippen molar-refractivity contribution >= 4 is 57.3 Å². The molecule has 0 bridgehead atoms. The van der Waals surface area contributed by atoms with Crippen molar-refractivity contribution < 1.29 is 23.9 Å². The number of aromatic amines is 1. The monoisotopic (exact) mass is 620 g/mol. The Bertz CT molecular complexity index is 1530. The molecule has 1 aromatic carbocycles. The molecule has 1 unspecified atom stereocenters. The Balaban J connectivity index is 1.33. The molecule has 1 saturated heterocycles. The molecule has 4 heterocycles. The van der Waals surface area contributed by atoms with Crippen LogP contribution in [0, 0.1) is 0 Å². The van der Waals surface area contributed by atoms with Gasteiger partial charge in [0.1, 0.15) is 12.6 Å². The third-order valence-electron chi connectivity index (χ3n) is 7.68. The number of hydrogen-bond donors (Lipinski definition) is 1. The van der Waals surface area contributed by atoms with Crippen molar-refractivity contribution in [1.29, 1.82) is 0 Å². The van der Waals surface area contributed by atoms with Crippen LogP contribution in [0.3, 0.4) is 0 Å². The highest BCUT2D eigenvalue weighted by atomic mass is 32.1. The Hall–Kier alpha value is -3.96. The number of H-pyrrole nitrogens is 1. The first-order valence-electron chi connectivity index (χ1n) is 14.5. The SMILES string of the molecule is CCOC(=O)CN(CCc1c[nH]c2ccccc12)C(=O)CC1C(=O)N(CCc2cccs2)CC(=O)N1CCc1cccs1. The molecule has 0 radical (unpaired) electrons. The Labute approximate surface area is 259 Å². The van der Waals surface area contributed by atoms with Crippen LogP contribution in [0.4, 0.5) is 0 Å². The van der Waals surface area contributed by atoms with Gasteiger partial charge >= 0.3 is 5.97 Å². The van der Waals surface area contributed by atoms with E-state index < -0.39 is 12.0 Å². The van der Waals surface area contributed by atoms with Crippen molar-refractivity contribution in [3.8, 4) is 0 Å². The number of ether oxygens (including phenoxy) is 1. The highest BCUT2D eigenvalue weighted by molar-refractivity contribution is 7.10. The molecule has 5 rings (SSSR count). The summed E-state index contributed by atoms with van der Waals surface area (Å²) in [6.07, 6.45) is 3.48. The molecule has 9 nitrogen and oxygen atoms in total. The van der Waals surface area contributed by atoms with Crippen molar-refractivity contribution in [1.82, 2.24) is 19.7 Å². The van der Waals surface area contributed by atoms with Crippen molar-refractivity contribution in [2.24, 2.45) is 0 Å². The van der Waals surface area contributed by atoms with E-state index in [1.54, 1.807) is 39.4 Å². The number of thiophene rings is 2. The maximum absolute atomic E-state index is 13.9. The number of nitrogens with zero attached hydrogens (tertiary/aromatic N) is 3. The quantitative estimate of drug-likeness (QED) is 0.214. The van der Waals surface area contributed by atoms with Gasteiger partial charge in [0.15, 0.2) is 0 Å². The lowest BCUT2D eigenvalue weighted by atomic mass is 10.0. The summed E-state index contributed by atoms with van der Waals surface area (Å²) < 4.78 is 5.17. The van der Waals surface area contributed by atoms with Crippen LogP contribution in [0.5, 0.6) is 0 Å². The third-order valence-corrected chi connectivity index (χ3v) is 9.55. The van der Waals surface area contributed by atoms with Gasteiger partial charge in [-0.3, -0.25) is 19.2 Å². The number of amides is 3. The van der Waals surface area contributed by atoms with Crippen LogP contribution in [0.25, 0.3) is 10.9 Å². The lowest BCUT2D eigenvalue weighted by Crippen LogP contribution is -2.61. The number of carbonyl (C=O) groups excluding carboxylic acids is 4. The molecule has 1 aliphatic heterocycles. The second kappa shape index (κ2) is 14.5. The smallest absolute Gasteiger partial charge is 0.325 e. The topological polar surface area (TPSA) is 103 Å². The Kier molecular flexibility index (Phi) is 10.3. The number of esters is 1. The van der Waals surface area contributed by atoms with Gasteiger partial charge in [-0.05, 0) is 60.7 Å². The number of aromatic nitrogens is 1. The Morgan fingerprint density at radius 1 is 0.977 bits per heavy atom. The zero-order chi connectivity index (χ0) is 30.2. The second-order valence-electron chi connectivity index (χ2n) is 10.5. The number of carbonyl (C=O) groups is 4. The van der Waals surface area contributed by atoms with E-state index in [2.05, 4.69) is 4.98 Å². The summed E-state index contributed by atoms with van der Waals surface area (Å²) in [4.78, 5) is 63.7. The fraction of sp³-hybridized carbons (Fsp3) is 0.375. The number of hydrogen-bond acceptors (Lipinski definition) is 7. The summed E-state index contributed by atoms with van der Waals surface area (Å²) in [6, 6.07) is 14.9. The Morgan fingerprint density at radius 2 is 1.70 bits per heavy atom. The molecule has 226 valence electrons. The summed E-state index contributed by atoms with van der Waals surface area (Å²) in [6.45, 7) is 2.71. The summed E-state index contributed by atoms with van der Waals surface area (Å²) in [5.41, 5.74) is 2.02. The summed E-state index contributed by atoms with van der Waals surface area (Å²) in [5.74, 6) is -1.27. The predicted molar refractivity (Wildman–Crippen MR) is 168 cm³/mol. The van der Waals surface area contributed by atoms with Gasteiger partial charge in [0, 0.05) is 46.5 Å². The molecule has 1 N–H and O–H groups in total. The first-order chi connectivity index (χ1) is 20.9. The molecule has 1 fully saturated rings. The first-order valence-corrected chi connectivity index (χ1v) is 16.3. The molecular formula is C32H36N4O5S2. The molecule has 4 aromatic rings. The van der Waals surface area contributed by atoms with E-state index in [0.29, 0.717) is 32.4 Å². The lowest BCUT2D eigenvalue weighted by Gasteiger charge is -2.40. The average Bonchev–Trinajstić information content (AvgIpc) is 3.79. The molecule has 3 amide bonds. The van der Waals surface area contributed by atoms with Crippen LogP contribution in [-0.2, 0) is 43.2 Å². The number of nitrogens with one attached hydrogen (secondary N) is 1. The van der Waals surface area contributed by atoms with Crippen molar-refractivity contribution in [3.63, 3.8) is 0 Å². The summed E-state index contributed by atoms with van der Waals surface area (Å²) >= 11 is 3.21. The van der Waals surface area contributed by atoms with Crippen LogP contribution in [-0.4, -0.2) is 88.7 Å². The van der Waals surface area contributed by atoms with Crippen LogP contribution >= 0.6 is 22.7 Å². The average molecular weight is 621 g/mol. The van der Waals surface area contributed by atoms with E-state index in [1.165, 1.54) is 4.90 Å². The van der Waals surface area contributed by atoms with E-state index in [4.69, 9.17) is 4.74 Å². The highest BCUT2D eigenvalue weighted by Crippen LogP contribution is 2.22. The molecule has 1 atom stereocenters. The van der Waals surface area contributed by atoms with Gasteiger partial charge in [0.05, 0.1) is 19.6 Å². The molecular weight excluding hydrogens is 585 g/mol. The third kappa shape index (κ3) is 7.71. The summed E-state index contributed by atoms with van der Waals surface area (Å²) in [7, 11) is 0. The molecule has 1 aliphatic rings. The van der Waals surface area contributed by atoms with E-state index in [1.807, 2.05) is 65.5 Å². The van der Waals surface area contributed by atoms with Crippen molar-refractivity contribution in [2.45, 2.75) is 38.6 Å². The van der Waals surface area contributed by atoms with Gasteiger partial charge in [0.2, 0.25) is 17.7 Å². The minimum Gasteiger partial charge on any atom is -0.465 e. The van der Waals surface area contributed by atoms with E-state index in [0.717, 1.165) is 26.2 Å². The maximum Gasteiger partial charge on any atom is 0.325 e. The standard InChI is InChI=1S/C32H36N4O5S2/c1-2-41-31(39)22-34(14-11-23-20-33-27-10-4-3-9-26(23)27)29(37)19-28-32(40)35(15-12-24-7-5-17-42-24)21-30(38)36(28)16-13-25-8-6-18-43-25/h3-10,17-18,20,28,33H,2,11-16,19,21-22H2,1H3. The maximum atomic E-state index is 13.9. The van der Waals surface area contributed by atoms with Gasteiger partial charge in [-0.2, -0.15) is 0 Å². The number of piperazine rings is 1. The van der Waals surface area contributed by atoms with Gasteiger partial charge < -0.3 is 24.4 Å². The van der Waals surface area contributed by atoms with Gasteiger partial charge in [-0.1, -0.05) is 30.3 Å². The number of fused-ring (bicyclic) bond motifs is 1.